The van der Waals surface area contributed by atoms with Gasteiger partial charge in [-0.3, -0.25) is 4.79 Å². The number of carbonyl (C=O) groups is 1. The zero-order valence-electron chi connectivity index (χ0n) is 14.7. The van der Waals surface area contributed by atoms with Crippen LogP contribution in [0.1, 0.15) is 51.5 Å². The SMILES string of the molecule is CCCCC(CC)COC(=O)CCS(=O)(=O)c1ccc(C)cc1O. The molecule has 1 unspecified atom stereocenters. The van der Waals surface area contributed by atoms with E-state index in [4.69, 9.17) is 4.74 Å². The van der Waals surface area contributed by atoms with Crippen LogP contribution in [0, 0.1) is 12.8 Å². The highest BCUT2D eigenvalue weighted by molar-refractivity contribution is 7.91. The lowest BCUT2D eigenvalue weighted by molar-refractivity contribution is -0.144. The minimum Gasteiger partial charge on any atom is -0.507 e. The summed E-state index contributed by atoms with van der Waals surface area (Å²) in [5, 5.41) is 9.79. The van der Waals surface area contributed by atoms with Crippen LogP contribution in [0.2, 0.25) is 0 Å². The molecule has 1 atom stereocenters. The summed E-state index contributed by atoms with van der Waals surface area (Å²) in [6.07, 6.45) is 3.93. The van der Waals surface area contributed by atoms with Gasteiger partial charge in [-0.25, -0.2) is 8.42 Å². The highest BCUT2D eigenvalue weighted by atomic mass is 32.2. The minimum absolute atomic E-state index is 0.143. The molecule has 0 spiro atoms. The smallest absolute Gasteiger partial charge is 0.306 e. The van der Waals surface area contributed by atoms with Crippen LogP contribution in [0.3, 0.4) is 0 Å². The van der Waals surface area contributed by atoms with Crippen LogP contribution in [0.4, 0.5) is 0 Å². The highest BCUT2D eigenvalue weighted by Gasteiger charge is 2.21. The van der Waals surface area contributed by atoms with Crippen molar-refractivity contribution in [2.75, 3.05) is 12.4 Å². The van der Waals surface area contributed by atoms with Gasteiger partial charge in [-0.1, -0.05) is 39.2 Å². The summed E-state index contributed by atoms with van der Waals surface area (Å²) in [7, 11) is -3.71. The van der Waals surface area contributed by atoms with E-state index in [9.17, 15) is 18.3 Å². The number of aryl methyl sites for hydroxylation is 1. The molecule has 1 aromatic rings. The van der Waals surface area contributed by atoms with Gasteiger partial charge in [0.25, 0.3) is 0 Å². The van der Waals surface area contributed by atoms with E-state index in [0.29, 0.717) is 12.5 Å². The maximum atomic E-state index is 12.2. The normalized spacial score (nSPS) is 12.8. The quantitative estimate of drug-likeness (QED) is 0.648. The van der Waals surface area contributed by atoms with Crippen LogP contribution < -0.4 is 0 Å². The Morgan fingerprint density at radius 1 is 1.29 bits per heavy atom. The number of esters is 1. The summed E-state index contributed by atoms with van der Waals surface area (Å²) in [6, 6.07) is 4.37. The van der Waals surface area contributed by atoms with Crippen LogP contribution in [-0.4, -0.2) is 31.9 Å². The Morgan fingerprint density at radius 2 is 2.00 bits per heavy atom. The van der Waals surface area contributed by atoms with E-state index < -0.39 is 15.8 Å². The lowest BCUT2D eigenvalue weighted by Crippen LogP contribution is -2.17. The number of carbonyl (C=O) groups excluding carboxylic acids is 1. The molecule has 0 bridgehead atoms. The molecular formula is C18H28O5S. The highest BCUT2D eigenvalue weighted by Crippen LogP contribution is 2.25. The van der Waals surface area contributed by atoms with Gasteiger partial charge >= 0.3 is 5.97 Å². The molecule has 1 N–H and O–H groups in total. The summed E-state index contributed by atoms with van der Waals surface area (Å²) < 4.78 is 29.7. The number of unbranched alkanes of at least 4 members (excludes halogenated alkanes) is 1. The van der Waals surface area contributed by atoms with E-state index in [-0.39, 0.29) is 22.8 Å². The Labute approximate surface area is 145 Å². The minimum atomic E-state index is -3.71. The molecule has 0 aliphatic heterocycles. The van der Waals surface area contributed by atoms with Crippen LogP contribution in [0.15, 0.2) is 23.1 Å². The number of hydrogen-bond acceptors (Lipinski definition) is 5. The molecule has 136 valence electrons. The van der Waals surface area contributed by atoms with E-state index in [1.165, 1.54) is 12.1 Å². The van der Waals surface area contributed by atoms with Crippen LogP contribution in [-0.2, 0) is 19.4 Å². The largest absolute Gasteiger partial charge is 0.507 e. The van der Waals surface area contributed by atoms with Crippen molar-refractivity contribution in [1.82, 2.24) is 0 Å². The van der Waals surface area contributed by atoms with Crippen molar-refractivity contribution in [3.05, 3.63) is 23.8 Å². The monoisotopic (exact) mass is 356 g/mol. The number of phenols is 1. The molecule has 0 amide bonds. The van der Waals surface area contributed by atoms with Gasteiger partial charge in [0, 0.05) is 0 Å². The van der Waals surface area contributed by atoms with E-state index in [0.717, 1.165) is 31.2 Å². The van der Waals surface area contributed by atoms with E-state index >= 15 is 0 Å². The van der Waals surface area contributed by atoms with E-state index in [1.54, 1.807) is 13.0 Å². The molecule has 0 radical (unpaired) electrons. The van der Waals surface area contributed by atoms with Crippen molar-refractivity contribution in [3.8, 4) is 5.75 Å². The maximum Gasteiger partial charge on any atom is 0.306 e. The summed E-state index contributed by atoms with van der Waals surface area (Å²) in [4.78, 5) is 11.7. The number of benzene rings is 1. The number of ether oxygens (including phenoxy) is 1. The number of sulfone groups is 1. The van der Waals surface area contributed by atoms with Crippen molar-refractivity contribution in [3.63, 3.8) is 0 Å². The second-order valence-electron chi connectivity index (χ2n) is 6.14. The van der Waals surface area contributed by atoms with Crippen molar-refractivity contribution < 1.29 is 23.1 Å². The van der Waals surface area contributed by atoms with Gasteiger partial charge in [-0.2, -0.15) is 0 Å². The predicted molar refractivity (Wildman–Crippen MR) is 93.8 cm³/mol. The zero-order chi connectivity index (χ0) is 18.2. The Bertz CT molecular complexity index is 637. The summed E-state index contributed by atoms with van der Waals surface area (Å²) in [6.45, 7) is 6.27. The van der Waals surface area contributed by atoms with Crippen LogP contribution in [0.5, 0.6) is 5.75 Å². The van der Waals surface area contributed by atoms with Crippen molar-refractivity contribution in [2.24, 2.45) is 5.92 Å². The van der Waals surface area contributed by atoms with Gasteiger partial charge in [-0.05, 0) is 37.0 Å². The molecule has 6 heteroatoms. The molecule has 24 heavy (non-hydrogen) atoms. The molecule has 1 aromatic carbocycles. The first-order valence-electron chi connectivity index (χ1n) is 8.48. The Balaban J connectivity index is 2.53. The molecular weight excluding hydrogens is 328 g/mol. The second-order valence-corrected chi connectivity index (χ2v) is 8.22. The average Bonchev–Trinajstić information content (AvgIpc) is 2.53. The molecule has 5 nitrogen and oxygen atoms in total. The molecule has 0 saturated carbocycles. The molecule has 0 aliphatic carbocycles. The lowest BCUT2D eigenvalue weighted by atomic mass is 10.0. The predicted octanol–water partition coefficient (Wildman–Crippen LogP) is 3.62. The number of phenolic OH excluding ortho intramolecular Hbond substituents is 1. The van der Waals surface area contributed by atoms with Gasteiger partial charge in [0.1, 0.15) is 10.6 Å². The second kappa shape index (κ2) is 9.67. The maximum absolute atomic E-state index is 12.2. The van der Waals surface area contributed by atoms with Gasteiger partial charge < -0.3 is 9.84 Å². The van der Waals surface area contributed by atoms with Crippen LogP contribution >= 0.6 is 0 Å². The third-order valence-corrected chi connectivity index (χ3v) is 5.80. The first-order valence-corrected chi connectivity index (χ1v) is 10.1. The molecule has 0 fully saturated rings. The number of aromatic hydroxyl groups is 1. The van der Waals surface area contributed by atoms with Gasteiger partial charge in [0.15, 0.2) is 9.84 Å². The fourth-order valence-electron chi connectivity index (χ4n) is 2.40. The molecule has 0 aliphatic rings. The standard InChI is InChI=1S/C18H28O5S/c1-4-6-7-15(5-2)13-23-18(20)10-11-24(21,22)17-9-8-14(3)12-16(17)19/h8-9,12,15,19H,4-7,10-11,13H2,1-3H3. The lowest BCUT2D eigenvalue weighted by Gasteiger charge is -2.14. The van der Waals surface area contributed by atoms with Gasteiger partial charge in [-0.15, -0.1) is 0 Å². The van der Waals surface area contributed by atoms with Crippen molar-refractivity contribution in [1.29, 1.82) is 0 Å². The Morgan fingerprint density at radius 3 is 2.58 bits per heavy atom. The van der Waals surface area contributed by atoms with Gasteiger partial charge in [0.05, 0.1) is 18.8 Å². The first-order chi connectivity index (χ1) is 11.3. The summed E-state index contributed by atoms with van der Waals surface area (Å²) in [5.74, 6) is -0.838. The van der Waals surface area contributed by atoms with E-state index in [1.807, 2.05) is 0 Å². The molecule has 0 aromatic heterocycles. The van der Waals surface area contributed by atoms with Crippen LogP contribution in [0.25, 0.3) is 0 Å². The summed E-state index contributed by atoms with van der Waals surface area (Å²) in [5.41, 5.74) is 0.767. The van der Waals surface area contributed by atoms with E-state index in [2.05, 4.69) is 13.8 Å². The van der Waals surface area contributed by atoms with Crippen molar-refractivity contribution in [2.45, 2.75) is 57.8 Å². The number of rotatable bonds is 10. The third-order valence-electron chi connectivity index (χ3n) is 4.05. The first kappa shape index (κ1) is 20.5. The Kier molecular flexibility index (Phi) is 8.25. The van der Waals surface area contributed by atoms with Crippen molar-refractivity contribution >= 4 is 15.8 Å². The fourth-order valence-corrected chi connectivity index (χ4v) is 3.71. The third kappa shape index (κ3) is 6.51. The zero-order valence-corrected chi connectivity index (χ0v) is 15.6. The molecule has 1 rings (SSSR count). The molecule has 0 saturated heterocycles. The topological polar surface area (TPSA) is 80.7 Å². The summed E-state index contributed by atoms with van der Waals surface area (Å²) >= 11 is 0. The average molecular weight is 356 g/mol. The van der Waals surface area contributed by atoms with Gasteiger partial charge in [0.2, 0.25) is 0 Å². The number of hydrogen-bond donors (Lipinski definition) is 1. The fraction of sp³-hybridized carbons (Fsp3) is 0.611. The Hall–Kier alpha value is -1.56. The molecule has 0 heterocycles.